The van der Waals surface area contributed by atoms with Crippen molar-refractivity contribution in [3.05, 3.63) is 28.3 Å². The lowest BCUT2D eigenvalue weighted by molar-refractivity contribution is 0.829. The van der Waals surface area contributed by atoms with Gasteiger partial charge in [-0.05, 0) is 30.9 Å². The summed E-state index contributed by atoms with van der Waals surface area (Å²) in [6, 6.07) is 4.26. The molecule has 0 amide bonds. The van der Waals surface area contributed by atoms with Crippen LogP contribution in [0.5, 0.6) is 0 Å². The number of fused-ring (bicyclic) bond motifs is 1. The molecule has 64 valence electrons. The van der Waals surface area contributed by atoms with Crippen LogP contribution in [0.1, 0.15) is 17.5 Å². The molecular weight excluding hydrogens is 170 g/mol. The molecule has 0 atom stereocenters. The van der Waals surface area contributed by atoms with Crippen molar-refractivity contribution in [2.24, 2.45) is 0 Å². The standard InChI is InChI=1S/C10H12ClN/c1-7-4-5-8-3-2-6-12-10(8)9(7)11/h4-5,12H,2-3,6H2,1H3. The van der Waals surface area contributed by atoms with Crippen molar-refractivity contribution in [1.29, 1.82) is 0 Å². The lowest BCUT2D eigenvalue weighted by Gasteiger charge is -2.19. The van der Waals surface area contributed by atoms with E-state index in [4.69, 9.17) is 11.6 Å². The van der Waals surface area contributed by atoms with Gasteiger partial charge in [-0.3, -0.25) is 0 Å². The third-order valence-electron chi connectivity index (χ3n) is 2.35. The first-order chi connectivity index (χ1) is 5.79. The molecule has 1 aliphatic heterocycles. The third-order valence-corrected chi connectivity index (χ3v) is 2.83. The highest BCUT2D eigenvalue weighted by molar-refractivity contribution is 6.34. The Labute approximate surface area is 77.7 Å². The quantitative estimate of drug-likeness (QED) is 0.649. The zero-order valence-corrected chi connectivity index (χ0v) is 7.91. The van der Waals surface area contributed by atoms with Crippen LogP contribution in [0.4, 0.5) is 5.69 Å². The second-order valence-electron chi connectivity index (χ2n) is 3.26. The Morgan fingerprint density at radius 1 is 1.42 bits per heavy atom. The van der Waals surface area contributed by atoms with E-state index in [1.54, 1.807) is 0 Å². The summed E-state index contributed by atoms with van der Waals surface area (Å²) in [4.78, 5) is 0. The Hall–Kier alpha value is -0.690. The van der Waals surface area contributed by atoms with Gasteiger partial charge in [-0.2, -0.15) is 0 Å². The number of nitrogens with one attached hydrogen (secondary N) is 1. The average Bonchev–Trinajstić information content (AvgIpc) is 2.12. The van der Waals surface area contributed by atoms with E-state index in [0.29, 0.717) is 0 Å². The molecule has 0 radical (unpaired) electrons. The number of hydrogen-bond donors (Lipinski definition) is 1. The van der Waals surface area contributed by atoms with Crippen molar-refractivity contribution in [3.8, 4) is 0 Å². The predicted octanol–water partition coefficient (Wildman–Crippen LogP) is 3.01. The van der Waals surface area contributed by atoms with Crippen LogP contribution in [-0.2, 0) is 6.42 Å². The van der Waals surface area contributed by atoms with E-state index in [2.05, 4.69) is 17.4 Å². The van der Waals surface area contributed by atoms with E-state index in [1.165, 1.54) is 12.0 Å². The molecule has 1 N–H and O–H groups in total. The predicted molar refractivity (Wildman–Crippen MR) is 53.0 cm³/mol. The zero-order chi connectivity index (χ0) is 8.55. The van der Waals surface area contributed by atoms with Gasteiger partial charge in [0.05, 0.1) is 10.7 Å². The topological polar surface area (TPSA) is 12.0 Å². The Morgan fingerprint density at radius 2 is 2.25 bits per heavy atom. The summed E-state index contributed by atoms with van der Waals surface area (Å²) in [6.45, 7) is 3.09. The van der Waals surface area contributed by atoms with Crippen LogP contribution >= 0.6 is 11.6 Å². The van der Waals surface area contributed by atoms with Crippen LogP contribution in [0.25, 0.3) is 0 Å². The van der Waals surface area contributed by atoms with E-state index in [0.717, 1.165) is 29.2 Å². The Morgan fingerprint density at radius 3 is 3.08 bits per heavy atom. The molecule has 0 bridgehead atoms. The highest BCUT2D eigenvalue weighted by Gasteiger charge is 2.12. The molecule has 12 heavy (non-hydrogen) atoms. The minimum Gasteiger partial charge on any atom is -0.384 e. The summed E-state index contributed by atoms with van der Waals surface area (Å²) in [6.07, 6.45) is 2.37. The van der Waals surface area contributed by atoms with Gasteiger partial charge in [0.15, 0.2) is 0 Å². The van der Waals surface area contributed by atoms with Crippen molar-refractivity contribution < 1.29 is 0 Å². The van der Waals surface area contributed by atoms with E-state index in [-0.39, 0.29) is 0 Å². The fourth-order valence-corrected chi connectivity index (χ4v) is 1.86. The molecule has 1 nitrogen and oxygen atoms in total. The SMILES string of the molecule is Cc1ccc2c(c1Cl)NCCC2. The van der Waals surface area contributed by atoms with E-state index in [1.807, 2.05) is 6.92 Å². The van der Waals surface area contributed by atoms with Crippen molar-refractivity contribution >= 4 is 17.3 Å². The summed E-state index contributed by atoms with van der Waals surface area (Å²) in [5.41, 5.74) is 3.67. The number of halogens is 1. The van der Waals surface area contributed by atoms with Crippen molar-refractivity contribution in [2.45, 2.75) is 19.8 Å². The van der Waals surface area contributed by atoms with E-state index >= 15 is 0 Å². The van der Waals surface area contributed by atoms with E-state index in [9.17, 15) is 0 Å². The number of rotatable bonds is 0. The summed E-state index contributed by atoms with van der Waals surface area (Å²) in [7, 11) is 0. The smallest absolute Gasteiger partial charge is 0.0669 e. The Kier molecular flexibility index (Phi) is 1.97. The summed E-state index contributed by atoms with van der Waals surface area (Å²) in [5, 5.41) is 4.24. The first-order valence-electron chi connectivity index (χ1n) is 4.31. The Bertz CT molecular complexity index is 307. The van der Waals surface area contributed by atoms with Crippen LogP contribution in [0.2, 0.25) is 5.02 Å². The third kappa shape index (κ3) is 1.18. The molecule has 2 heteroatoms. The van der Waals surface area contributed by atoms with Gasteiger partial charge in [-0.25, -0.2) is 0 Å². The fraction of sp³-hybridized carbons (Fsp3) is 0.400. The van der Waals surface area contributed by atoms with Gasteiger partial charge in [0.25, 0.3) is 0 Å². The molecule has 2 rings (SSSR count). The van der Waals surface area contributed by atoms with Gasteiger partial charge in [-0.15, -0.1) is 0 Å². The van der Waals surface area contributed by atoms with Crippen molar-refractivity contribution in [1.82, 2.24) is 0 Å². The summed E-state index contributed by atoms with van der Waals surface area (Å²) < 4.78 is 0. The first-order valence-corrected chi connectivity index (χ1v) is 4.68. The van der Waals surface area contributed by atoms with Gasteiger partial charge >= 0.3 is 0 Å². The van der Waals surface area contributed by atoms with Crippen molar-refractivity contribution in [2.75, 3.05) is 11.9 Å². The van der Waals surface area contributed by atoms with Crippen LogP contribution in [-0.4, -0.2) is 6.54 Å². The minimum atomic E-state index is 0.896. The first kappa shape index (κ1) is 7.93. The average molecular weight is 182 g/mol. The molecule has 1 aliphatic rings. The molecule has 0 spiro atoms. The molecule has 0 saturated carbocycles. The summed E-state index contributed by atoms with van der Waals surface area (Å²) in [5.74, 6) is 0. The number of anilines is 1. The molecule has 1 aromatic carbocycles. The van der Waals surface area contributed by atoms with Crippen LogP contribution in [0.15, 0.2) is 12.1 Å². The highest BCUT2D eigenvalue weighted by atomic mass is 35.5. The molecule has 0 saturated heterocycles. The second-order valence-corrected chi connectivity index (χ2v) is 3.64. The van der Waals surface area contributed by atoms with Gasteiger partial charge in [0, 0.05) is 6.54 Å². The second kappa shape index (κ2) is 2.98. The lowest BCUT2D eigenvalue weighted by Crippen LogP contribution is -2.12. The van der Waals surface area contributed by atoms with E-state index < -0.39 is 0 Å². The maximum absolute atomic E-state index is 6.15. The van der Waals surface area contributed by atoms with Crippen molar-refractivity contribution in [3.63, 3.8) is 0 Å². The monoisotopic (exact) mass is 181 g/mol. The highest BCUT2D eigenvalue weighted by Crippen LogP contribution is 2.32. The maximum Gasteiger partial charge on any atom is 0.0669 e. The van der Waals surface area contributed by atoms with Gasteiger partial charge < -0.3 is 5.32 Å². The zero-order valence-electron chi connectivity index (χ0n) is 7.15. The van der Waals surface area contributed by atoms with Gasteiger partial charge in [0.1, 0.15) is 0 Å². The molecule has 0 aliphatic carbocycles. The lowest BCUT2D eigenvalue weighted by atomic mass is 10.0. The molecule has 0 fully saturated rings. The number of benzene rings is 1. The fourth-order valence-electron chi connectivity index (χ4n) is 1.61. The molecule has 0 unspecified atom stereocenters. The van der Waals surface area contributed by atoms with Crippen LogP contribution in [0, 0.1) is 6.92 Å². The number of hydrogen-bond acceptors (Lipinski definition) is 1. The molecule has 0 aromatic heterocycles. The normalized spacial score (nSPS) is 15.2. The largest absolute Gasteiger partial charge is 0.384 e. The van der Waals surface area contributed by atoms with Crippen LogP contribution in [0.3, 0.4) is 0 Å². The minimum absolute atomic E-state index is 0.896. The molecule has 1 aromatic rings. The number of aryl methyl sites for hydroxylation is 2. The van der Waals surface area contributed by atoms with Gasteiger partial charge in [-0.1, -0.05) is 23.7 Å². The molecular formula is C10H12ClN. The molecule has 1 heterocycles. The maximum atomic E-state index is 6.15. The summed E-state index contributed by atoms with van der Waals surface area (Å²) >= 11 is 6.15. The van der Waals surface area contributed by atoms with Crippen LogP contribution < -0.4 is 5.32 Å². The Balaban J connectivity index is 2.54. The van der Waals surface area contributed by atoms with Gasteiger partial charge in [0.2, 0.25) is 0 Å².